The molecule has 5 heteroatoms. The second kappa shape index (κ2) is 8.12. The summed E-state index contributed by atoms with van der Waals surface area (Å²) in [5.74, 6) is 0. The number of nitrogens with zero attached hydrogens (tertiary/aromatic N) is 1. The van der Waals surface area contributed by atoms with E-state index < -0.39 is 0 Å². The summed E-state index contributed by atoms with van der Waals surface area (Å²) in [6.07, 6.45) is 4.57. The van der Waals surface area contributed by atoms with Crippen LogP contribution in [0.2, 0.25) is 10.2 Å². The van der Waals surface area contributed by atoms with E-state index in [2.05, 4.69) is 34.2 Å². The van der Waals surface area contributed by atoms with Gasteiger partial charge in [0.2, 0.25) is 0 Å². The number of aromatic amines is 1. The van der Waals surface area contributed by atoms with Gasteiger partial charge in [-0.05, 0) is 0 Å². The van der Waals surface area contributed by atoms with Crippen LogP contribution in [0.25, 0.3) is 22.0 Å². The molecule has 0 unspecified atom stereocenters. The van der Waals surface area contributed by atoms with E-state index in [0.717, 1.165) is 32.6 Å². The van der Waals surface area contributed by atoms with Crippen molar-refractivity contribution in [1.29, 1.82) is 0 Å². The molecule has 4 aromatic rings. The summed E-state index contributed by atoms with van der Waals surface area (Å²) in [5.41, 5.74) is 3.71. The van der Waals surface area contributed by atoms with Crippen LogP contribution in [-0.2, 0) is 6.42 Å². The first kappa shape index (κ1) is 18.0. The molecule has 1 N–H and O–H groups in total. The molecule has 3 nitrogen and oxygen atoms in total. The molecule has 0 bridgehead atoms. The van der Waals surface area contributed by atoms with Crippen molar-refractivity contribution in [2.45, 2.75) is 11.6 Å². The van der Waals surface area contributed by atoms with Crippen LogP contribution in [-0.4, -0.2) is 25.7 Å². The van der Waals surface area contributed by atoms with Gasteiger partial charge in [0.15, 0.2) is 0 Å². The van der Waals surface area contributed by atoms with Crippen LogP contribution in [0.15, 0.2) is 77.9 Å². The standard InChI is InChI=1S/C22H17AsClN2O/c24-17-8-6-16(7-9-17)18-14-26-19-11-13-25-22(20(19)21(18)27)23-12-10-15-4-2-1-3-5-15/h1-9,11,13-14H,10,12H2,(H,26,27). The Kier molecular flexibility index (Phi) is 5.42. The number of fused-ring (bicyclic) bond motifs is 1. The molecular formula is C22H17AsClN2O. The molecule has 2 aromatic carbocycles. The molecule has 0 aliphatic heterocycles. The summed E-state index contributed by atoms with van der Waals surface area (Å²) >= 11 is 5.78. The van der Waals surface area contributed by atoms with E-state index in [-0.39, 0.29) is 21.2 Å². The van der Waals surface area contributed by atoms with E-state index in [9.17, 15) is 4.79 Å². The topological polar surface area (TPSA) is 45.8 Å². The normalized spacial score (nSPS) is 11.4. The van der Waals surface area contributed by atoms with E-state index in [1.54, 1.807) is 24.5 Å². The number of rotatable bonds is 5. The summed E-state index contributed by atoms with van der Waals surface area (Å²) in [6, 6.07) is 19.6. The number of H-pyrrole nitrogens is 1. The summed E-state index contributed by atoms with van der Waals surface area (Å²) in [7, 11) is 0. The zero-order valence-electron chi connectivity index (χ0n) is 14.5. The van der Waals surface area contributed by atoms with Gasteiger partial charge in [0, 0.05) is 0 Å². The van der Waals surface area contributed by atoms with E-state index in [0.29, 0.717) is 10.6 Å². The van der Waals surface area contributed by atoms with Crippen molar-refractivity contribution in [2.24, 2.45) is 0 Å². The first-order valence-electron chi connectivity index (χ1n) is 8.70. The predicted molar refractivity (Wildman–Crippen MR) is 113 cm³/mol. The molecule has 2 heterocycles. The van der Waals surface area contributed by atoms with Crippen LogP contribution < -0.4 is 9.91 Å². The summed E-state index contributed by atoms with van der Waals surface area (Å²) in [5, 5.41) is 2.42. The first-order chi connectivity index (χ1) is 13.2. The van der Waals surface area contributed by atoms with Crippen LogP contribution in [0, 0.1) is 0 Å². The van der Waals surface area contributed by atoms with E-state index in [1.807, 2.05) is 24.3 Å². The fourth-order valence-electron chi connectivity index (χ4n) is 3.04. The Bertz CT molecular complexity index is 1120. The van der Waals surface area contributed by atoms with Crippen molar-refractivity contribution in [3.8, 4) is 11.1 Å². The summed E-state index contributed by atoms with van der Waals surface area (Å²) in [6.45, 7) is 0. The third-order valence-corrected chi connectivity index (χ3v) is 6.96. The van der Waals surface area contributed by atoms with Gasteiger partial charge >= 0.3 is 169 Å². The van der Waals surface area contributed by atoms with Crippen molar-refractivity contribution in [3.05, 3.63) is 93.9 Å². The van der Waals surface area contributed by atoms with Gasteiger partial charge in [0.25, 0.3) is 0 Å². The monoisotopic (exact) mass is 435 g/mol. The van der Waals surface area contributed by atoms with Crippen LogP contribution in [0.5, 0.6) is 0 Å². The minimum atomic E-state index is -0.193. The predicted octanol–water partition coefficient (Wildman–Crippen LogP) is 4.23. The van der Waals surface area contributed by atoms with Gasteiger partial charge in [-0.3, -0.25) is 0 Å². The summed E-state index contributed by atoms with van der Waals surface area (Å²) in [4.78, 5) is 21.0. The average Bonchev–Trinajstić information content (AvgIpc) is 2.70. The number of hydrogen-bond acceptors (Lipinski definition) is 2. The molecule has 0 saturated heterocycles. The molecule has 0 saturated carbocycles. The van der Waals surface area contributed by atoms with Crippen molar-refractivity contribution in [3.63, 3.8) is 0 Å². The molecule has 2 aromatic heterocycles. The number of aromatic nitrogens is 2. The van der Waals surface area contributed by atoms with Gasteiger partial charge in [-0.25, -0.2) is 0 Å². The van der Waals surface area contributed by atoms with Crippen LogP contribution in [0.1, 0.15) is 5.56 Å². The van der Waals surface area contributed by atoms with Crippen LogP contribution in [0.4, 0.5) is 0 Å². The van der Waals surface area contributed by atoms with Gasteiger partial charge < -0.3 is 0 Å². The van der Waals surface area contributed by atoms with E-state index in [4.69, 9.17) is 11.6 Å². The first-order valence-corrected chi connectivity index (χ1v) is 11.3. The van der Waals surface area contributed by atoms with Gasteiger partial charge in [-0.1, -0.05) is 0 Å². The Labute approximate surface area is 169 Å². The van der Waals surface area contributed by atoms with Crippen molar-refractivity contribution in [1.82, 2.24) is 9.97 Å². The zero-order valence-corrected chi connectivity index (χ0v) is 17.2. The molecular weight excluding hydrogens is 419 g/mol. The Morgan fingerprint density at radius 1 is 1.00 bits per heavy atom. The molecule has 27 heavy (non-hydrogen) atoms. The molecule has 0 amide bonds. The maximum atomic E-state index is 13.2. The minimum absolute atomic E-state index is 0.0317. The number of hydrogen-bond donors (Lipinski definition) is 1. The number of benzene rings is 2. The Hall–Kier alpha value is -2.35. The SMILES string of the molecule is O=c1c(-c2ccc(Cl)cc2)c[nH]c2ccnc([As]CCc3ccccc3)c12. The second-order valence-corrected chi connectivity index (χ2v) is 9.14. The van der Waals surface area contributed by atoms with Gasteiger partial charge in [0.1, 0.15) is 0 Å². The van der Waals surface area contributed by atoms with Crippen molar-refractivity contribution in [2.75, 3.05) is 0 Å². The molecule has 0 aliphatic rings. The third-order valence-electron chi connectivity index (χ3n) is 4.43. The molecule has 133 valence electrons. The van der Waals surface area contributed by atoms with Crippen molar-refractivity contribution >= 4 is 42.7 Å². The van der Waals surface area contributed by atoms with Gasteiger partial charge in [-0.2, -0.15) is 0 Å². The Morgan fingerprint density at radius 3 is 2.56 bits per heavy atom. The molecule has 0 spiro atoms. The second-order valence-electron chi connectivity index (χ2n) is 6.21. The third kappa shape index (κ3) is 4.00. The fourth-order valence-corrected chi connectivity index (χ4v) is 5.50. The number of aryl methyl sites for hydroxylation is 1. The number of halogens is 1. The van der Waals surface area contributed by atoms with Crippen LogP contribution >= 0.6 is 11.6 Å². The Morgan fingerprint density at radius 2 is 1.78 bits per heavy atom. The quantitative estimate of drug-likeness (QED) is 0.477. The molecule has 0 fully saturated rings. The van der Waals surface area contributed by atoms with E-state index >= 15 is 0 Å². The average molecular weight is 436 g/mol. The zero-order chi connectivity index (χ0) is 18.6. The maximum absolute atomic E-state index is 13.2. The number of nitrogens with one attached hydrogen (secondary N) is 1. The molecule has 1 radical (unpaired) electrons. The van der Waals surface area contributed by atoms with E-state index in [1.165, 1.54) is 5.56 Å². The Balaban J connectivity index is 1.67. The molecule has 0 atom stereocenters. The van der Waals surface area contributed by atoms with Gasteiger partial charge in [-0.15, -0.1) is 0 Å². The van der Waals surface area contributed by atoms with Crippen molar-refractivity contribution < 1.29 is 0 Å². The fraction of sp³-hybridized carbons (Fsp3) is 0.0909. The van der Waals surface area contributed by atoms with Gasteiger partial charge in [0.05, 0.1) is 0 Å². The number of pyridine rings is 2. The van der Waals surface area contributed by atoms with Crippen LogP contribution in [0.3, 0.4) is 0 Å². The molecule has 4 rings (SSSR count). The summed E-state index contributed by atoms with van der Waals surface area (Å²) < 4.78 is 0.941. The molecule has 0 aliphatic carbocycles.